The number of amides is 1. The molecule has 0 fully saturated rings. The molecule has 1 aliphatic rings. The number of aryl methyl sites for hydroxylation is 1. The highest BCUT2D eigenvalue weighted by molar-refractivity contribution is 7.92. The fraction of sp³-hybridized carbons (Fsp3) is 0.188. The Hall–Kier alpha value is -2.74. The third-order valence-electron chi connectivity index (χ3n) is 3.50. The van der Waals surface area contributed by atoms with Gasteiger partial charge in [0, 0.05) is 0 Å². The van der Waals surface area contributed by atoms with Gasteiger partial charge in [0.2, 0.25) is 0 Å². The van der Waals surface area contributed by atoms with E-state index < -0.39 is 10.0 Å². The Kier molecular flexibility index (Phi) is 4.06. The van der Waals surface area contributed by atoms with Gasteiger partial charge in [0.05, 0.1) is 12.8 Å². The van der Waals surface area contributed by atoms with E-state index in [1.54, 1.807) is 37.3 Å². The van der Waals surface area contributed by atoms with Crippen LogP contribution in [0.3, 0.4) is 0 Å². The SMILES string of the molecule is COc1ccc(C)cc1S(=O)(=O)Nc1cccc2c1NC(=O)CO2. The molecular weight excluding hydrogens is 332 g/mol. The molecule has 0 saturated carbocycles. The number of anilines is 2. The summed E-state index contributed by atoms with van der Waals surface area (Å²) in [5.41, 5.74) is 1.30. The maximum Gasteiger partial charge on any atom is 0.265 e. The Bertz CT molecular complexity index is 909. The summed E-state index contributed by atoms with van der Waals surface area (Å²) in [7, 11) is -2.51. The summed E-state index contributed by atoms with van der Waals surface area (Å²) < 4.78 is 38.4. The molecule has 0 radical (unpaired) electrons. The standard InChI is InChI=1S/C16H16N2O5S/c1-10-6-7-12(22-2)14(8-10)24(20,21)18-11-4-3-5-13-16(11)17-15(19)9-23-13/h3-8,18H,9H2,1-2H3,(H,17,19). The summed E-state index contributed by atoms with van der Waals surface area (Å²) in [6.45, 7) is 1.69. The second kappa shape index (κ2) is 6.04. The highest BCUT2D eigenvalue weighted by Gasteiger charge is 2.24. The van der Waals surface area contributed by atoms with Crippen molar-refractivity contribution in [2.75, 3.05) is 23.8 Å². The van der Waals surface area contributed by atoms with E-state index in [2.05, 4.69) is 10.0 Å². The zero-order chi connectivity index (χ0) is 17.3. The molecule has 0 bridgehead atoms. The minimum absolute atomic E-state index is 0.0191. The normalized spacial score (nSPS) is 13.5. The number of sulfonamides is 1. The largest absolute Gasteiger partial charge is 0.495 e. The monoisotopic (exact) mass is 348 g/mol. The lowest BCUT2D eigenvalue weighted by molar-refractivity contribution is -0.118. The number of hydrogen-bond donors (Lipinski definition) is 2. The van der Waals surface area contributed by atoms with Crippen LogP contribution < -0.4 is 19.5 Å². The molecule has 2 aromatic rings. The molecule has 0 unspecified atom stereocenters. The number of nitrogens with one attached hydrogen (secondary N) is 2. The van der Waals surface area contributed by atoms with Gasteiger partial charge in [-0.15, -0.1) is 0 Å². The molecule has 1 amide bonds. The van der Waals surface area contributed by atoms with Gasteiger partial charge in [-0.3, -0.25) is 9.52 Å². The quantitative estimate of drug-likeness (QED) is 0.883. The van der Waals surface area contributed by atoms with Crippen molar-refractivity contribution in [1.29, 1.82) is 0 Å². The minimum atomic E-state index is -3.91. The Morgan fingerprint density at radius 2 is 2.04 bits per heavy atom. The molecule has 0 atom stereocenters. The van der Waals surface area contributed by atoms with Gasteiger partial charge < -0.3 is 14.8 Å². The van der Waals surface area contributed by atoms with Gasteiger partial charge in [0.1, 0.15) is 22.1 Å². The smallest absolute Gasteiger partial charge is 0.265 e. The molecule has 1 heterocycles. The summed E-state index contributed by atoms with van der Waals surface area (Å²) >= 11 is 0. The van der Waals surface area contributed by atoms with Crippen LogP contribution in [0.15, 0.2) is 41.3 Å². The number of rotatable bonds is 4. The van der Waals surface area contributed by atoms with Gasteiger partial charge in [-0.25, -0.2) is 8.42 Å². The van der Waals surface area contributed by atoms with Gasteiger partial charge in [-0.2, -0.15) is 0 Å². The third kappa shape index (κ3) is 3.00. The number of methoxy groups -OCH3 is 1. The minimum Gasteiger partial charge on any atom is -0.495 e. The van der Waals surface area contributed by atoms with Gasteiger partial charge in [0.25, 0.3) is 15.9 Å². The lowest BCUT2D eigenvalue weighted by atomic mass is 10.2. The molecule has 0 spiro atoms. The first-order valence-electron chi connectivity index (χ1n) is 7.14. The Balaban J connectivity index is 2.03. The maximum atomic E-state index is 12.8. The summed E-state index contributed by atoms with van der Waals surface area (Å²) in [6.07, 6.45) is 0. The lowest BCUT2D eigenvalue weighted by Gasteiger charge is -2.21. The van der Waals surface area contributed by atoms with Crippen LogP contribution in [0.1, 0.15) is 5.56 Å². The first-order valence-corrected chi connectivity index (χ1v) is 8.62. The van der Waals surface area contributed by atoms with Crippen LogP contribution in [0.2, 0.25) is 0 Å². The molecule has 2 N–H and O–H groups in total. The number of carbonyl (C=O) groups is 1. The van der Waals surface area contributed by atoms with Crippen LogP contribution in [0.25, 0.3) is 0 Å². The molecule has 126 valence electrons. The molecule has 0 aliphatic carbocycles. The fourth-order valence-corrected chi connectivity index (χ4v) is 3.70. The highest BCUT2D eigenvalue weighted by atomic mass is 32.2. The van der Waals surface area contributed by atoms with Crippen molar-refractivity contribution in [2.45, 2.75) is 11.8 Å². The molecule has 0 aromatic heterocycles. The molecule has 3 rings (SSSR count). The van der Waals surface area contributed by atoms with E-state index in [1.807, 2.05) is 0 Å². The van der Waals surface area contributed by atoms with Gasteiger partial charge >= 0.3 is 0 Å². The average molecular weight is 348 g/mol. The number of carbonyl (C=O) groups excluding carboxylic acids is 1. The predicted molar refractivity (Wildman–Crippen MR) is 89.1 cm³/mol. The van der Waals surface area contributed by atoms with Gasteiger partial charge in [-0.1, -0.05) is 12.1 Å². The van der Waals surface area contributed by atoms with Crippen molar-refractivity contribution < 1.29 is 22.7 Å². The van der Waals surface area contributed by atoms with Crippen molar-refractivity contribution in [1.82, 2.24) is 0 Å². The van der Waals surface area contributed by atoms with Crippen LogP contribution >= 0.6 is 0 Å². The number of ether oxygens (including phenoxy) is 2. The average Bonchev–Trinajstić information content (AvgIpc) is 2.55. The fourth-order valence-electron chi connectivity index (χ4n) is 2.38. The van der Waals surface area contributed by atoms with E-state index in [1.165, 1.54) is 13.2 Å². The lowest BCUT2D eigenvalue weighted by Crippen LogP contribution is -2.26. The third-order valence-corrected chi connectivity index (χ3v) is 4.89. The molecule has 1 aliphatic heterocycles. The maximum absolute atomic E-state index is 12.8. The van der Waals surface area contributed by atoms with Crippen LogP contribution in [0, 0.1) is 6.92 Å². The number of fused-ring (bicyclic) bond motifs is 1. The van der Waals surface area contributed by atoms with Crippen LogP contribution in [-0.4, -0.2) is 28.0 Å². The molecule has 24 heavy (non-hydrogen) atoms. The number of hydrogen-bond acceptors (Lipinski definition) is 5. The van der Waals surface area contributed by atoms with Crippen molar-refractivity contribution in [3.8, 4) is 11.5 Å². The van der Waals surface area contributed by atoms with Crippen molar-refractivity contribution in [3.63, 3.8) is 0 Å². The molecular formula is C16H16N2O5S. The first kappa shape index (κ1) is 16.1. The van der Waals surface area contributed by atoms with E-state index in [-0.39, 0.29) is 28.8 Å². The summed E-state index contributed by atoms with van der Waals surface area (Å²) in [5.74, 6) is 0.298. The second-order valence-corrected chi connectivity index (χ2v) is 6.93. The molecule has 7 nitrogen and oxygen atoms in total. The number of benzene rings is 2. The van der Waals surface area contributed by atoms with Crippen molar-refractivity contribution in [3.05, 3.63) is 42.0 Å². The van der Waals surface area contributed by atoms with Crippen LogP contribution in [0.5, 0.6) is 11.5 Å². The van der Waals surface area contributed by atoms with Crippen molar-refractivity contribution in [2.24, 2.45) is 0 Å². The summed E-state index contributed by atoms with van der Waals surface area (Å²) in [6, 6.07) is 9.71. The van der Waals surface area contributed by atoms with Gasteiger partial charge in [-0.05, 0) is 36.8 Å². The highest BCUT2D eigenvalue weighted by Crippen LogP contribution is 2.36. The Morgan fingerprint density at radius 3 is 2.79 bits per heavy atom. The second-order valence-electron chi connectivity index (χ2n) is 5.28. The predicted octanol–water partition coefficient (Wildman–Crippen LogP) is 2.14. The van der Waals surface area contributed by atoms with E-state index in [4.69, 9.17) is 9.47 Å². The zero-order valence-corrected chi connectivity index (χ0v) is 13.9. The van der Waals surface area contributed by atoms with Gasteiger partial charge in [0.15, 0.2) is 6.61 Å². The van der Waals surface area contributed by atoms with E-state index >= 15 is 0 Å². The zero-order valence-electron chi connectivity index (χ0n) is 13.1. The summed E-state index contributed by atoms with van der Waals surface area (Å²) in [4.78, 5) is 11.5. The topological polar surface area (TPSA) is 93.7 Å². The summed E-state index contributed by atoms with van der Waals surface area (Å²) in [5, 5.41) is 2.62. The first-order chi connectivity index (χ1) is 11.4. The molecule has 0 saturated heterocycles. The van der Waals surface area contributed by atoms with E-state index in [9.17, 15) is 13.2 Å². The molecule has 2 aromatic carbocycles. The van der Waals surface area contributed by atoms with E-state index in [0.29, 0.717) is 11.4 Å². The Morgan fingerprint density at radius 1 is 1.25 bits per heavy atom. The van der Waals surface area contributed by atoms with Crippen LogP contribution in [0.4, 0.5) is 11.4 Å². The molecule has 8 heteroatoms. The number of para-hydroxylation sites is 1. The van der Waals surface area contributed by atoms with Crippen LogP contribution in [-0.2, 0) is 14.8 Å². The van der Waals surface area contributed by atoms with E-state index in [0.717, 1.165) is 5.56 Å². The van der Waals surface area contributed by atoms with Crippen molar-refractivity contribution >= 4 is 27.3 Å². The Labute approximate surface area is 139 Å².